The molecular weight excluding hydrogens is 453 g/mol. The first kappa shape index (κ1) is 23.9. The fourth-order valence-electron chi connectivity index (χ4n) is 3.88. The van der Waals surface area contributed by atoms with Crippen LogP contribution in [0, 0.1) is 11.7 Å². The third kappa shape index (κ3) is 5.99. The number of amides is 1. The Bertz CT molecular complexity index is 1130. The van der Waals surface area contributed by atoms with Crippen LogP contribution < -0.4 is 0 Å². The van der Waals surface area contributed by atoms with Crippen molar-refractivity contribution in [3.05, 3.63) is 77.6 Å². The van der Waals surface area contributed by atoms with Gasteiger partial charge in [-0.05, 0) is 73.9 Å². The molecule has 8 heteroatoms. The second-order valence-electron chi connectivity index (χ2n) is 8.07. The van der Waals surface area contributed by atoms with E-state index in [2.05, 4.69) is 10.2 Å². The van der Waals surface area contributed by atoms with Crippen molar-refractivity contribution in [2.75, 3.05) is 19.7 Å². The zero-order valence-electron chi connectivity index (χ0n) is 18.9. The third-order valence-electron chi connectivity index (χ3n) is 5.74. The van der Waals surface area contributed by atoms with Crippen molar-refractivity contribution in [3.8, 4) is 11.3 Å². The highest BCUT2D eigenvalue weighted by Crippen LogP contribution is 2.25. The highest BCUT2D eigenvalue weighted by Gasteiger charge is 2.28. The molecule has 1 amide bonds. The van der Waals surface area contributed by atoms with Crippen molar-refractivity contribution < 1.29 is 18.7 Å². The number of hydrogen-bond donors (Lipinski definition) is 0. The lowest BCUT2D eigenvalue weighted by atomic mass is 9.96. The Morgan fingerprint density at radius 3 is 2.50 bits per heavy atom. The fourth-order valence-corrected chi connectivity index (χ4v) is 4.64. The van der Waals surface area contributed by atoms with Gasteiger partial charge in [-0.2, -0.15) is 0 Å². The number of thioether (sulfide) groups is 1. The molecule has 6 nitrogen and oxygen atoms in total. The van der Waals surface area contributed by atoms with Crippen molar-refractivity contribution in [2.45, 2.75) is 30.5 Å². The smallest absolute Gasteiger partial charge is 0.309 e. The van der Waals surface area contributed by atoms with Gasteiger partial charge in [0.15, 0.2) is 0 Å². The zero-order valence-corrected chi connectivity index (χ0v) is 19.8. The van der Waals surface area contributed by atoms with Crippen LogP contribution >= 0.6 is 11.8 Å². The number of carbonyl (C=O) groups is 2. The number of hydrogen-bond acceptors (Lipinski definition) is 6. The molecule has 0 unspecified atom stereocenters. The SMILES string of the molecule is CCOC(=O)C1CCN(C(=O)c2cccc(CSc3ccc(-c4ccc(F)cc4)nn3)c2)CC1. The summed E-state index contributed by atoms with van der Waals surface area (Å²) in [5, 5.41) is 9.27. The lowest BCUT2D eigenvalue weighted by Crippen LogP contribution is -2.40. The minimum Gasteiger partial charge on any atom is -0.466 e. The highest BCUT2D eigenvalue weighted by atomic mass is 32.2. The van der Waals surface area contributed by atoms with Gasteiger partial charge in [0.25, 0.3) is 5.91 Å². The van der Waals surface area contributed by atoms with E-state index in [0.29, 0.717) is 49.5 Å². The van der Waals surface area contributed by atoms with Gasteiger partial charge in [0.1, 0.15) is 10.8 Å². The number of ether oxygens (including phenoxy) is 1. The van der Waals surface area contributed by atoms with Crippen molar-refractivity contribution in [2.24, 2.45) is 5.92 Å². The van der Waals surface area contributed by atoms with E-state index in [0.717, 1.165) is 16.2 Å². The number of likely N-dealkylation sites (tertiary alicyclic amines) is 1. The highest BCUT2D eigenvalue weighted by molar-refractivity contribution is 7.98. The van der Waals surface area contributed by atoms with E-state index >= 15 is 0 Å². The summed E-state index contributed by atoms with van der Waals surface area (Å²) in [6.07, 6.45) is 1.26. The number of halogens is 1. The normalized spacial score (nSPS) is 14.1. The van der Waals surface area contributed by atoms with Crippen LogP contribution in [-0.2, 0) is 15.3 Å². The lowest BCUT2D eigenvalue weighted by molar-refractivity contribution is -0.149. The van der Waals surface area contributed by atoms with Gasteiger partial charge < -0.3 is 9.64 Å². The van der Waals surface area contributed by atoms with Crippen LogP contribution in [0.4, 0.5) is 4.39 Å². The van der Waals surface area contributed by atoms with Gasteiger partial charge in [-0.3, -0.25) is 9.59 Å². The molecule has 0 spiro atoms. The van der Waals surface area contributed by atoms with Crippen molar-refractivity contribution in [1.29, 1.82) is 0 Å². The molecule has 1 fully saturated rings. The Labute approximate surface area is 202 Å². The maximum Gasteiger partial charge on any atom is 0.309 e. The summed E-state index contributed by atoms with van der Waals surface area (Å²) in [6, 6.07) is 17.5. The minimum atomic E-state index is -0.286. The largest absolute Gasteiger partial charge is 0.466 e. The molecule has 2 aromatic carbocycles. The maximum absolute atomic E-state index is 13.1. The Balaban J connectivity index is 1.32. The average molecular weight is 480 g/mol. The van der Waals surface area contributed by atoms with Crippen LogP contribution in [0.5, 0.6) is 0 Å². The van der Waals surface area contributed by atoms with Gasteiger partial charge in [-0.25, -0.2) is 4.39 Å². The Morgan fingerprint density at radius 1 is 1.06 bits per heavy atom. The summed E-state index contributed by atoms with van der Waals surface area (Å²) in [7, 11) is 0. The monoisotopic (exact) mass is 479 g/mol. The predicted octanol–water partition coefficient (Wildman–Crippen LogP) is 4.99. The number of rotatable bonds is 7. The molecule has 1 aliphatic rings. The van der Waals surface area contributed by atoms with E-state index in [4.69, 9.17) is 4.74 Å². The predicted molar refractivity (Wildman–Crippen MR) is 129 cm³/mol. The van der Waals surface area contributed by atoms with Crippen LogP contribution in [-0.4, -0.2) is 46.7 Å². The molecular formula is C26H26FN3O3S. The van der Waals surface area contributed by atoms with Gasteiger partial charge in [0, 0.05) is 30.0 Å². The third-order valence-corrected chi connectivity index (χ3v) is 6.73. The Hall–Kier alpha value is -3.26. The second-order valence-corrected chi connectivity index (χ2v) is 9.07. The number of piperidine rings is 1. The molecule has 176 valence electrons. The molecule has 0 atom stereocenters. The Kier molecular flexibility index (Phi) is 7.90. The molecule has 34 heavy (non-hydrogen) atoms. The molecule has 0 radical (unpaired) electrons. The van der Waals surface area contributed by atoms with Gasteiger partial charge in [-0.15, -0.1) is 10.2 Å². The van der Waals surface area contributed by atoms with Gasteiger partial charge in [0.2, 0.25) is 0 Å². The summed E-state index contributed by atoms with van der Waals surface area (Å²) in [5.41, 5.74) is 3.15. The molecule has 1 aromatic heterocycles. The van der Waals surface area contributed by atoms with E-state index in [1.807, 2.05) is 41.3 Å². The summed E-state index contributed by atoms with van der Waals surface area (Å²) in [6.45, 7) is 3.29. The summed E-state index contributed by atoms with van der Waals surface area (Å²) >= 11 is 1.53. The van der Waals surface area contributed by atoms with E-state index in [1.165, 1.54) is 23.9 Å². The van der Waals surface area contributed by atoms with Crippen molar-refractivity contribution in [3.63, 3.8) is 0 Å². The molecule has 0 bridgehead atoms. The van der Waals surface area contributed by atoms with E-state index in [9.17, 15) is 14.0 Å². The molecule has 1 saturated heterocycles. The second kappa shape index (κ2) is 11.2. The standard InChI is InChI=1S/C26H26FN3O3S/c1-2-33-26(32)20-12-14-30(15-13-20)25(31)21-5-3-4-18(16-21)17-34-24-11-10-23(28-29-24)19-6-8-22(27)9-7-19/h3-11,16,20H,2,12-15,17H2,1H3. The summed E-state index contributed by atoms with van der Waals surface area (Å²) in [4.78, 5) is 26.7. The quantitative estimate of drug-likeness (QED) is 0.351. The van der Waals surface area contributed by atoms with E-state index < -0.39 is 0 Å². The molecule has 2 heterocycles. The van der Waals surface area contributed by atoms with Gasteiger partial charge in [0.05, 0.1) is 18.2 Å². The van der Waals surface area contributed by atoms with Crippen LogP contribution in [0.1, 0.15) is 35.7 Å². The van der Waals surface area contributed by atoms with E-state index in [-0.39, 0.29) is 23.6 Å². The minimum absolute atomic E-state index is 0.0161. The topological polar surface area (TPSA) is 72.4 Å². The van der Waals surface area contributed by atoms with Crippen LogP contribution in [0.2, 0.25) is 0 Å². The van der Waals surface area contributed by atoms with E-state index in [1.54, 1.807) is 19.1 Å². The molecule has 4 rings (SSSR count). The van der Waals surface area contributed by atoms with Crippen molar-refractivity contribution >= 4 is 23.6 Å². The molecule has 0 saturated carbocycles. The number of esters is 1. The maximum atomic E-state index is 13.1. The fraction of sp³-hybridized carbons (Fsp3) is 0.308. The molecule has 3 aromatic rings. The van der Waals surface area contributed by atoms with Crippen LogP contribution in [0.3, 0.4) is 0 Å². The van der Waals surface area contributed by atoms with Crippen LogP contribution in [0.15, 0.2) is 65.7 Å². The number of benzene rings is 2. The number of nitrogens with zero attached hydrogens (tertiary/aromatic N) is 3. The Morgan fingerprint density at radius 2 is 1.82 bits per heavy atom. The average Bonchev–Trinajstić information content (AvgIpc) is 2.88. The molecule has 0 aliphatic carbocycles. The molecule has 0 N–H and O–H groups in total. The summed E-state index contributed by atoms with van der Waals surface area (Å²) in [5.74, 6) is 0.0597. The van der Waals surface area contributed by atoms with Crippen molar-refractivity contribution in [1.82, 2.24) is 15.1 Å². The first-order chi connectivity index (χ1) is 16.5. The van der Waals surface area contributed by atoms with Gasteiger partial charge in [-0.1, -0.05) is 23.9 Å². The summed E-state index contributed by atoms with van der Waals surface area (Å²) < 4.78 is 18.2. The zero-order chi connectivity index (χ0) is 23.9. The van der Waals surface area contributed by atoms with Crippen LogP contribution in [0.25, 0.3) is 11.3 Å². The molecule has 1 aliphatic heterocycles. The number of carbonyl (C=O) groups excluding carboxylic acids is 2. The first-order valence-corrected chi connectivity index (χ1v) is 12.3. The lowest BCUT2D eigenvalue weighted by Gasteiger charge is -2.31. The van der Waals surface area contributed by atoms with Gasteiger partial charge >= 0.3 is 5.97 Å². The number of aromatic nitrogens is 2. The first-order valence-electron chi connectivity index (χ1n) is 11.3.